The van der Waals surface area contributed by atoms with Crippen molar-refractivity contribution in [3.05, 3.63) is 59.0 Å². The molecule has 0 spiro atoms. The van der Waals surface area contributed by atoms with Crippen LogP contribution < -0.4 is 15.0 Å². The molecule has 1 unspecified atom stereocenters. The van der Waals surface area contributed by atoms with Gasteiger partial charge in [-0.05, 0) is 49.6 Å². The lowest BCUT2D eigenvalue weighted by Crippen LogP contribution is -2.36. The first-order chi connectivity index (χ1) is 18.4. The minimum atomic E-state index is -0.369. The van der Waals surface area contributed by atoms with Gasteiger partial charge in [-0.2, -0.15) is 0 Å². The number of benzene rings is 2. The third-order valence-electron chi connectivity index (χ3n) is 6.73. The van der Waals surface area contributed by atoms with Crippen LogP contribution in [0.3, 0.4) is 0 Å². The van der Waals surface area contributed by atoms with Crippen molar-refractivity contribution in [3.63, 3.8) is 0 Å². The number of fused-ring (bicyclic) bond motifs is 1. The van der Waals surface area contributed by atoms with Gasteiger partial charge < -0.3 is 10.1 Å². The zero-order valence-electron chi connectivity index (χ0n) is 22.0. The first-order valence-corrected chi connectivity index (χ1v) is 14.3. The summed E-state index contributed by atoms with van der Waals surface area (Å²) in [4.78, 5) is 43.5. The van der Waals surface area contributed by atoms with Gasteiger partial charge in [-0.15, -0.1) is 0 Å². The van der Waals surface area contributed by atoms with Gasteiger partial charge in [0.2, 0.25) is 5.91 Å². The van der Waals surface area contributed by atoms with E-state index in [-0.39, 0.29) is 24.3 Å². The third kappa shape index (κ3) is 5.94. The fourth-order valence-corrected chi connectivity index (χ4v) is 6.03. The van der Waals surface area contributed by atoms with Crippen molar-refractivity contribution < 1.29 is 19.1 Å². The van der Waals surface area contributed by atoms with Gasteiger partial charge in [0.15, 0.2) is 0 Å². The number of nitrogens with one attached hydrogen (secondary N) is 1. The summed E-state index contributed by atoms with van der Waals surface area (Å²) in [6.45, 7) is 7.13. The van der Waals surface area contributed by atoms with Gasteiger partial charge in [0.1, 0.15) is 16.6 Å². The molecule has 2 aromatic rings. The Bertz CT molecular complexity index is 1260. The van der Waals surface area contributed by atoms with Crippen LogP contribution >= 0.6 is 24.0 Å². The Morgan fingerprint density at radius 3 is 2.45 bits per heavy atom. The number of thiocarbonyl (C=S) groups is 1. The van der Waals surface area contributed by atoms with E-state index in [1.54, 1.807) is 35.2 Å². The van der Waals surface area contributed by atoms with Crippen LogP contribution in [0, 0.1) is 5.92 Å². The second-order valence-electron chi connectivity index (χ2n) is 9.32. The highest BCUT2D eigenvalue weighted by Gasteiger charge is 2.42. The monoisotopic (exact) mass is 551 g/mol. The number of hydrogen-bond acceptors (Lipinski definition) is 6. The van der Waals surface area contributed by atoms with E-state index in [1.807, 2.05) is 25.1 Å². The van der Waals surface area contributed by atoms with Crippen molar-refractivity contribution in [1.29, 1.82) is 0 Å². The smallest absolute Gasteiger partial charge is 0.267 e. The maximum atomic E-state index is 13.7. The van der Waals surface area contributed by atoms with Gasteiger partial charge >= 0.3 is 0 Å². The molecule has 2 aliphatic heterocycles. The van der Waals surface area contributed by atoms with Crippen molar-refractivity contribution in [2.24, 2.45) is 5.92 Å². The van der Waals surface area contributed by atoms with E-state index in [0.29, 0.717) is 56.6 Å². The first kappa shape index (κ1) is 27.9. The molecular weight excluding hydrogens is 518 g/mol. The summed E-state index contributed by atoms with van der Waals surface area (Å²) in [5, 5.41) is 2.84. The second-order valence-corrected chi connectivity index (χ2v) is 11.0. The summed E-state index contributed by atoms with van der Waals surface area (Å²) in [6, 6.07) is 14.3. The molecule has 0 radical (unpaired) electrons. The Morgan fingerprint density at radius 1 is 1.03 bits per heavy atom. The highest BCUT2D eigenvalue weighted by atomic mass is 32.2. The molecule has 4 rings (SSSR count). The fourth-order valence-electron chi connectivity index (χ4n) is 4.68. The lowest BCUT2D eigenvalue weighted by molar-refractivity contribution is -0.123. The molecule has 0 aromatic heterocycles. The molecule has 38 heavy (non-hydrogen) atoms. The molecule has 0 saturated carbocycles. The van der Waals surface area contributed by atoms with Crippen LogP contribution in [0.15, 0.2) is 53.4 Å². The zero-order valence-corrected chi connectivity index (χ0v) is 23.6. The van der Waals surface area contributed by atoms with Crippen LogP contribution in [-0.2, 0) is 14.4 Å². The first-order valence-electron chi connectivity index (χ1n) is 13.1. The minimum Gasteiger partial charge on any atom is -0.494 e. The molecule has 1 N–H and O–H groups in total. The van der Waals surface area contributed by atoms with Gasteiger partial charge in [0, 0.05) is 17.8 Å². The second kappa shape index (κ2) is 12.6. The van der Waals surface area contributed by atoms with E-state index >= 15 is 0 Å². The molecule has 1 saturated heterocycles. The number of carbonyl (C=O) groups excluding carboxylic acids is 3. The molecule has 3 amide bonds. The molecule has 0 aliphatic carbocycles. The predicted molar refractivity (Wildman–Crippen MR) is 157 cm³/mol. The van der Waals surface area contributed by atoms with E-state index in [0.717, 1.165) is 25.7 Å². The number of thioether (sulfide) groups is 1. The summed E-state index contributed by atoms with van der Waals surface area (Å²) in [5.41, 5.74) is 2.17. The maximum Gasteiger partial charge on any atom is 0.267 e. The molecule has 2 heterocycles. The summed E-state index contributed by atoms with van der Waals surface area (Å²) in [7, 11) is 0. The zero-order chi connectivity index (χ0) is 27.2. The average Bonchev–Trinajstić information content (AvgIpc) is 3.34. The van der Waals surface area contributed by atoms with Gasteiger partial charge in [-0.3, -0.25) is 24.2 Å². The van der Waals surface area contributed by atoms with Gasteiger partial charge in [0.05, 0.1) is 22.8 Å². The third-order valence-corrected chi connectivity index (χ3v) is 8.18. The van der Waals surface area contributed by atoms with Crippen molar-refractivity contribution in [2.45, 2.75) is 46.5 Å². The molecule has 2 aromatic carbocycles. The topological polar surface area (TPSA) is 79.0 Å². The van der Waals surface area contributed by atoms with Crippen molar-refractivity contribution >= 4 is 63.0 Å². The average molecular weight is 552 g/mol. The number of anilines is 2. The number of hydrogen-bond donors (Lipinski definition) is 1. The number of carbonyl (C=O) groups is 3. The normalized spacial score (nSPS) is 17.7. The van der Waals surface area contributed by atoms with Crippen LogP contribution in [0.25, 0.3) is 5.57 Å². The van der Waals surface area contributed by atoms with Gasteiger partial charge in [-0.25, -0.2) is 0 Å². The summed E-state index contributed by atoms with van der Waals surface area (Å²) in [6.07, 6.45) is 4.21. The lowest BCUT2D eigenvalue weighted by Gasteiger charge is -2.21. The van der Waals surface area contributed by atoms with E-state index in [2.05, 4.69) is 19.2 Å². The quantitative estimate of drug-likeness (QED) is 0.279. The van der Waals surface area contributed by atoms with Crippen LogP contribution in [-0.4, -0.2) is 46.6 Å². The summed E-state index contributed by atoms with van der Waals surface area (Å²) in [5.74, 6) is 0.135. The van der Waals surface area contributed by atoms with E-state index in [4.69, 9.17) is 17.0 Å². The molecule has 0 bridgehead atoms. The molecule has 9 heteroatoms. The van der Waals surface area contributed by atoms with Crippen molar-refractivity contribution in [2.75, 3.05) is 29.9 Å². The maximum absolute atomic E-state index is 13.7. The van der Waals surface area contributed by atoms with E-state index < -0.39 is 0 Å². The number of rotatable bonds is 11. The Labute approximate surface area is 233 Å². The number of amides is 3. The summed E-state index contributed by atoms with van der Waals surface area (Å²) < 4.78 is 5.92. The largest absolute Gasteiger partial charge is 0.494 e. The van der Waals surface area contributed by atoms with Crippen LogP contribution in [0.1, 0.15) is 52.0 Å². The van der Waals surface area contributed by atoms with Crippen molar-refractivity contribution in [3.8, 4) is 5.75 Å². The molecule has 200 valence electrons. The molecule has 1 fully saturated rings. The SMILES string of the molecule is CCCCC(CC)CN1C(=O)C(=C2C(=O)N(CC(=O)Nc3ccc(OCC)cc3)c3ccccc32)SC1=S. The van der Waals surface area contributed by atoms with Crippen LogP contribution in [0.2, 0.25) is 0 Å². The molecule has 2 aliphatic rings. The van der Waals surface area contributed by atoms with E-state index in [1.165, 1.54) is 16.7 Å². The standard InChI is InChI=1S/C29H33N3O4S2/c1-4-7-10-19(5-2)17-32-28(35)26(38-29(32)37)25-22-11-8-9-12-23(22)31(27(25)34)18-24(33)30-20-13-15-21(16-14-20)36-6-3/h8-9,11-16,19H,4-7,10,17-18H2,1-3H3,(H,30,33). The van der Waals surface area contributed by atoms with Crippen LogP contribution in [0.5, 0.6) is 5.75 Å². The highest BCUT2D eigenvalue weighted by Crippen LogP contribution is 2.44. The van der Waals surface area contributed by atoms with E-state index in [9.17, 15) is 14.4 Å². The Hall–Kier alpha value is -3.17. The summed E-state index contributed by atoms with van der Waals surface area (Å²) >= 11 is 6.76. The minimum absolute atomic E-state index is 0.179. The van der Waals surface area contributed by atoms with Crippen LogP contribution in [0.4, 0.5) is 11.4 Å². The van der Waals surface area contributed by atoms with Gasteiger partial charge in [0.25, 0.3) is 11.8 Å². The van der Waals surface area contributed by atoms with Gasteiger partial charge in [-0.1, -0.05) is 75.3 Å². The Balaban J connectivity index is 1.55. The fraction of sp³-hybridized carbons (Fsp3) is 0.379. The molecule has 1 atom stereocenters. The lowest BCUT2D eigenvalue weighted by atomic mass is 9.98. The number of nitrogens with zero attached hydrogens (tertiary/aromatic N) is 2. The van der Waals surface area contributed by atoms with Crippen molar-refractivity contribution in [1.82, 2.24) is 4.90 Å². The number of ether oxygens (including phenoxy) is 1. The Morgan fingerprint density at radius 2 is 1.76 bits per heavy atom. The highest BCUT2D eigenvalue weighted by molar-refractivity contribution is 8.26. The molecular formula is C29H33N3O4S2. The number of unbranched alkanes of at least 4 members (excludes halogenated alkanes) is 1. The Kier molecular flexibility index (Phi) is 9.22. The number of para-hydroxylation sites is 1. The predicted octanol–water partition coefficient (Wildman–Crippen LogP) is 5.86. The molecule has 7 nitrogen and oxygen atoms in total.